The Bertz CT molecular complexity index is 449. The molecular formula is C19H33N3O2. The fourth-order valence-electron chi connectivity index (χ4n) is 2.06. The van der Waals surface area contributed by atoms with Crippen LogP contribution in [0.1, 0.15) is 26.3 Å². The minimum Gasteiger partial charge on any atom is -0.379 e. The number of ether oxygens (including phenoxy) is 2. The van der Waals surface area contributed by atoms with Gasteiger partial charge in [-0.15, -0.1) is 0 Å². The van der Waals surface area contributed by atoms with Crippen molar-refractivity contribution in [1.29, 1.82) is 0 Å². The fourth-order valence-corrected chi connectivity index (χ4v) is 2.06. The maximum absolute atomic E-state index is 5.76. The van der Waals surface area contributed by atoms with Crippen LogP contribution in [0, 0.1) is 11.8 Å². The van der Waals surface area contributed by atoms with Crippen molar-refractivity contribution in [2.75, 3.05) is 40.0 Å². The van der Waals surface area contributed by atoms with Crippen LogP contribution in [-0.4, -0.2) is 45.9 Å². The molecule has 5 nitrogen and oxygen atoms in total. The second-order valence-corrected chi connectivity index (χ2v) is 6.45. The number of nitrogens with one attached hydrogen (secondary N) is 2. The quantitative estimate of drug-likeness (QED) is 0.371. The predicted molar refractivity (Wildman–Crippen MR) is 100 cm³/mol. The lowest BCUT2D eigenvalue weighted by Crippen LogP contribution is -2.41. The molecule has 1 unspecified atom stereocenters. The molecule has 1 atom stereocenters. The van der Waals surface area contributed by atoms with E-state index in [2.05, 4.69) is 48.5 Å². The number of rotatable bonds is 11. The average Bonchev–Trinajstić information content (AvgIpc) is 2.58. The molecule has 136 valence electrons. The first-order valence-corrected chi connectivity index (χ1v) is 8.75. The molecule has 24 heavy (non-hydrogen) atoms. The molecule has 0 bridgehead atoms. The van der Waals surface area contributed by atoms with Crippen LogP contribution in [0.15, 0.2) is 35.3 Å². The molecule has 1 rings (SSSR count). The van der Waals surface area contributed by atoms with E-state index in [0.717, 1.165) is 32.3 Å². The van der Waals surface area contributed by atoms with Gasteiger partial charge in [-0.05, 0) is 17.4 Å². The van der Waals surface area contributed by atoms with Crippen molar-refractivity contribution in [2.24, 2.45) is 16.8 Å². The number of hydrogen-bond donors (Lipinski definition) is 2. The zero-order chi connectivity index (χ0) is 17.6. The molecule has 0 spiro atoms. The standard InChI is InChI=1S/C19H33N3O2/c1-16(2)13-23-11-10-21-19(20-4)22-12-17(3)14-24-15-18-8-6-5-7-9-18/h5-9,16-17H,10-15H2,1-4H3,(H2,20,21,22). The summed E-state index contributed by atoms with van der Waals surface area (Å²) >= 11 is 0. The van der Waals surface area contributed by atoms with Gasteiger partial charge in [-0.2, -0.15) is 0 Å². The Hall–Kier alpha value is -1.59. The molecule has 5 heteroatoms. The van der Waals surface area contributed by atoms with Gasteiger partial charge in [-0.25, -0.2) is 0 Å². The molecule has 0 aliphatic carbocycles. The van der Waals surface area contributed by atoms with Crippen LogP contribution in [0.2, 0.25) is 0 Å². The minimum atomic E-state index is 0.407. The van der Waals surface area contributed by atoms with Crippen molar-refractivity contribution in [3.63, 3.8) is 0 Å². The molecule has 0 aliphatic rings. The lowest BCUT2D eigenvalue weighted by molar-refractivity contribution is 0.0930. The molecular weight excluding hydrogens is 302 g/mol. The van der Waals surface area contributed by atoms with Crippen molar-refractivity contribution in [2.45, 2.75) is 27.4 Å². The first-order valence-electron chi connectivity index (χ1n) is 8.75. The molecule has 0 aromatic heterocycles. The summed E-state index contributed by atoms with van der Waals surface area (Å²) < 4.78 is 11.3. The number of nitrogens with zero attached hydrogens (tertiary/aromatic N) is 1. The van der Waals surface area contributed by atoms with Crippen LogP contribution in [-0.2, 0) is 16.1 Å². The molecule has 0 saturated carbocycles. The summed E-state index contributed by atoms with van der Waals surface area (Å²) in [6.45, 7) is 10.9. The summed E-state index contributed by atoms with van der Waals surface area (Å²) in [5.74, 6) is 1.78. The molecule has 0 fully saturated rings. The molecule has 1 aromatic carbocycles. The lowest BCUT2D eigenvalue weighted by atomic mass is 10.2. The van der Waals surface area contributed by atoms with Crippen molar-refractivity contribution < 1.29 is 9.47 Å². The largest absolute Gasteiger partial charge is 0.379 e. The zero-order valence-electron chi connectivity index (χ0n) is 15.5. The van der Waals surface area contributed by atoms with E-state index in [-0.39, 0.29) is 0 Å². The smallest absolute Gasteiger partial charge is 0.191 e. The molecule has 0 aliphatic heterocycles. The first-order chi connectivity index (χ1) is 11.6. The Morgan fingerprint density at radius 2 is 1.79 bits per heavy atom. The van der Waals surface area contributed by atoms with E-state index >= 15 is 0 Å². The van der Waals surface area contributed by atoms with E-state index < -0.39 is 0 Å². The van der Waals surface area contributed by atoms with Crippen LogP contribution in [0.25, 0.3) is 0 Å². The Labute approximate surface area is 146 Å². The highest BCUT2D eigenvalue weighted by molar-refractivity contribution is 5.79. The zero-order valence-corrected chi connectivity index (χ0v) is 15.5. The van der Waals surface area contributed by atoms with Crippen LogP contribution < -0.4 is 10.6 Å². The maximum Gasteiger partial charge on any atom is 0.191 e. The Morgan fingerprint density at radius 3 is 2.46 bits per heavy atom. The van der Waals surface area contributed by atoms with Gasteiger partial charge in [0.05, 0.1) is 19.8 Å². The van der Waals surface area contributed by atoms with E-state index in [9.17, 15) is 0 Å². The molecule has 0 radical (unpaired) electrons. The van der Waals surface area contributed by atoms with E-state index in [1.54, 1.807) is 7.05 Å². The Morgan fingerprint density at radius 1 is 1.04 bits per heavy atom. The van der Waals surface area contributed by atoms with Crippen molar-refractivity contribution in [3.05, 3.63) is 35.9 Å². The van der Waals surface area contributed by atoms with E-state index in [0.29, 0.717) is 25.0 Å². The summed E-state index contributed by atoms with van der Waals surface area (Å²) in [7, 11) is 1.78. The summed E-state index contributed by atoms with van der Waals surface area (Å²) in [5, 5.41) is 6.57. The minimum absolute atomic E-state index is 0.407. The van der Waals surface area contributed by atoms with Crippen molar-refractivity contribution in [3.8, 4) is 0 Å². The molecule has 0 amide bonds. The number of benzene rings is 1. The van der Waals surface area contributed by atoms with Crippen LogP contribution in [0.5, 0.6) is 0 Å². The van der Waals surface area contributed by atoms with Crippen molar-refractivity contribution >= 4 is 5.96 Å². The third kappa shape index (κ3) is 10.2. The number of hydrogen-bond acceptors (Lipinski definition) is 3. The van der Waals surface area contributed by atoms with Gasteiger partial charge < -0.3 is 20.1 Å². The third-order valence-electron chi connectivity index (χ3n) is 3.35. The highest BCUT2D eigenvalue weighted by Gasteiger charge is 2.04. The summed E-state index contributed by atoms with van der Waals surface area (Å²) in [5.41, 5.74) is 1.21. The Kier molecular flexibility index (Phi) is 10.9. The topological polar surface area (TPSA) is 54.9 Å². The second-order valence-electron chi connectivity index (χ2n) is 6.45. The van der Waals surface area contributed by atoms with E-state index in [4.69, 9.17) is 9.47 Å². The number of aliphatic imine (C=N–C) groups is 1. The van der Waals surface area contributed by atoms with Crippen LogP contribution >= 0.6 is 0 Å². The highest BCUT2D eigenvalue weighted by Crippen LogP contribution is 2.02. The first kappa shape index (κ1) is 20.5. The van der Waals surface area contributed by atoms with Gasteiger partial charge in [-0.3, -0.25) is 4.99 Å². The summed E-state index contributed by atoms with van der Waals surface area (Å²) in [4.78, 5) is 4.22. The van der Waals surface area contributed by atoms with Gasteiger partial charge in [0.25, 0.3) is 0 Å². The van der Waals surface area contributed by atoms with Gasteiger partial charge in [-0.1, -0.05) is 51.1 Å². The normalized spacial score (nSPS) is 13.1. The monoisotopic (exact) mass is 335 g/mol. The lowest BCUT2D eigenvalue weighted by Gasteiger charge is -2.16. The molecule has 1 aromatic rings. The fraction of sp³-hybridized carbons (Fsp3) is 0.632. The van der Waals surface area contributed by atoms with Gasteiger partial charge in [0.15, 0.2) is 5.96 Å². The van der Waals surface area contributed by atoms with Crippen molar-refractivity contribution in [1.82, 2.24) is 10.6 Å². The maximum atomic E-state index is 5.76. The third-order valence-corrected chi connectivity index (χ3v) is 3.35. The van der Waals surface area contributed by atoms with Crippen LogP contribution in [0.4, 0.5) is 0 Å². The van der Waals surface area contributed by atoms with Gasteiger partial charge in [0, 0.05) is 26.7 Å². The number of guanidine groups is 1. The van der Waals surface area contributed by atoms with E-state index in [1.165, 1.54) is 5.56 Å². The molecule has 2 N–H and O–H groups in total. The SMILES string of the molecule is CN=C(NCCOCC(C)C)NCC(C)COCc1ccccc1. The van der Waals surface area contributed by atoms with Crippen LogP contribution in [0.3, 0.4) is 0 Å². The highest BCUT2D eigenvalue weighted by atomic mass is 16.5. The van der Waals surface area contributed by atoms with Gasteiger partial charge in [0.2, 0.25) is 0 Å². The van der Waals surface area contributed by atoms with E-state index in [1.807, 2.05) is 18.2 Å². The Balaban J connectivity index is 2.09. The summed E-state index contributed by atoms with van der Waals surface area (Å²) in [6, 6.07) is 10.2. The van der Waals surface area contributed by atoms with Gasteiger partial charge in [0.1, 0.15) is 0 Å². The predicted octanol–water partition coefficient (Wildman–Crippen LogP) is 2.68. The molecule has 0 saturated heterocycles. The second kappa shape index (κ2) is 12.8. The summed E-state index contributed by atoms with van der Waals surface area (Å²) in [6.07, 6.45) is 0. The average molecular weight is 335 g/mol. The van der Waals surface area contributed by atoms with Gasteiger partial charge >= 0.3 is 0 Å². The molecule has 0 heterocycles.